The molecule has 0 saturated carbocycles. The van der Waals surface area contributed by atoms with Gasteiger partial charge in [-0.1, -0.05) is 18.2 Å². The Morgan fingerprint density at radius 1 is 1.12 bits per heavy atom. The second-order valence-electron chi connectivity index (χ2n) is 6.08. The van der Waals surface area contributed by atoms with Gasteiger partial charge in [0.25, 0.3) is 11.5 Å². The number of rotatable bonds is 2. The number of halogens is 1. The number of nitrogens with one attached hydrogen (secondary N) is 1. The highest BCUT2D eigenvalue weighted by Crippen LogP contribution is 2.30. The van der Waals surface area contributed by atoms with E-state index in [1.807, 2.05) is 18.2 Å². The number of carbonyl (C=O) groups is 1. The Kier molecular flexibility index (Phi) is 3.61. The van der Waals surface area contributed by atoms with Crippen molar-refractivity contribution >= 4 is 27.7 Å². The molecule has 1 amide bonds. The number of carbonyl (C=O) groups excluding carboxylic acids is 1. The normalized spacial score (nSPS) is 11.2. The van der Waals surface area contributed by atoms with Gasteiger partial charge in [-0.15, -0.1) is 0 Å². The van der Waals surface area contributed by atoms with Gasteiger partial charge in [-0.05, 0) is 30.3 Å². The number of amides is 1. The summed E-state index contributed by atoms with van der Waals surface area (Å²) in [6.45, 7) is 0. The van der Waals surface area contributed by atoms with Gasteiger partial charge in [-0.25, -0.2) is 4.39 Å². The number of aryl methyl sites for hydroxylation is 1. The van der Waals surface area contributed by atoms with Gasteiger partial charge in [-0.2, -0.15) is 0 Å². The number of pyridine rings is 1. The van der Waals surface area contributed by atoms with E-state index < -0.39 is 5.82 Å². The maximum Gasteiger partial charge on any atom is 0.279 e. The fourth-order valence-corrected chi connectivity index (χ4v) is 3.39. The minimum Gasteiger partial charge on any atom is -0.355 e. The first-order valence-electron chi connectivity index (χ1n) is 8.13. The second-order valence-corrected chi connectivity index (χ2v) is 6.08. The van der Waals surface area contributed by atoms with Crippen LogP contribution in [0.2, 0.25) is 0 Å². The molecule has 1 N–H and O–H groups in total. The first-order chi connectivity index (χ1) is 12.5. The van der Waals surface area contributed by atoms with E-state index in [1.54, 1.807) is 29.8 Å². The van der Waals surface area contributed by atoms with Crippen molar-refractivity contribution in [2.45, 2.75) is 0 Å². The summed E-state index contributed by atoms with van der Waals surface area (Å²) in [5, 5.41) is 3.60. The Morgan fingerprint density at radius 2 is 1.85 bits per heavy atom. The Hall–Kier alpha value is -3.41. The molecule has 2 aromatic heterocycles. The molecule has 0 bridgehead atoms. The molecule has 4 aromatic rings. The van der Waals surface area contributed by atoms with Crippen LogP contribution in [0.5, 0.6) is 0 Å². The molecule has 0 fully saturated rings. The second kappa shape index (κ2) is 5.84. The summed E-state index contributed by atoms with van der Waals surface area (Å²) in [5.74, 6) is -0.753. The smallest absolute Gasteiger partial charge is 0.279 e. The average molecular weight is 349 g/mol. The zero-order valence-electron chi connectivity index (χ0n) is 14.3. The summed E-state index contributed by atoms with van der Waals surface area (Å²) in [4.78, 5) is 25.7. The molecular weight excluding hydrogens is 333 g/mol. The van der Waals surface area contributed by atoms with Crippen molar-refractivity contribution in [2.24, 2.45) is 7.05 Å². The molecule has 0 spiro atoms. The van der Waals surface area contributed by atoms with Crippen LogP contribution in [0.1, 0.15) is 10.4 Å². The van der Waals surface area contributed by atoms with E-state index in [0.29, 0.717) is 33.1 Å². The minimum absolute atomic E-state index is 0.266. The van der Waals surface area contributed by atoms with Crippen LogP contribution in [0.4, 0.5) is 4.39 Å². The van der Waals surface area contributed by atoms with Gasteiger partial charge in [-0.3, -0.25) is 14.2 Å². The van der Waals surface area contributed by atoms with E-state index in [1.165, 1.54) is 29.9 Å². The largest absolute Gasteiger partial charge is 0.355 e. The van der Waals surface area contributed by atoms with Gasteiger partial charge in [0.05, 0.1) is 5.56 Å². The molecule has 0 unspecified atom stereocenters. The molecule has 0 radical (unpaired) electrons. The maximum atomic E-state index is 13.8. The lowest BCUT2D eigenvalue weighted by molar-refractivity contribution is 0.0964. The zero-order chi connectivity index (χ0) is 18.4. The lowest BCUT2D eigenvalue weighted by Crippen LogP contribution is -2.25. The fraction of sp³-hybridized carbons (Fsp3) is 0.100. The third-order valence-electron chi connectivity index (χ3n) is 4.62. The first-order valence-corrected chi connectivity index (χ1v) is 8.13. The van der Waals surface area contributed by atoms with Crippen molar-refractivity contribution in [1.82, 2.24) is 14.5 Å². The van der Waals surface area contributed by atoms with Crippen molar-refractivity contribution in [1.29, 1.82) is 0 Å². The lowest BCUT2D eigenvalue weighted by Gasteiger charge is -2.10. The molecule has 0 atom stereocenters. The van der Waals surface area contributed by atoms with E-state index in [9.17, 15) is 14.0 Å². The van der Waals surface area contributed by atoms with E-state index in [-0.39, 0.29) is 11.5 Å². The molecule has 2 aromatic carbocycles. The van der Waals surface area contributed by atoms with Crippen molar-refractivity contribution in [3.05, 3.63) is 76.5 Å². The monoisotopic (exact) mass is 349 g/mol. The minimum atomic E-state index is -0.417. The zero-order valence-corrected chi connectivity index (χ0v) is 14.3. The summed E-state index contributed by atoms with van der Waals surface area (Å²) in [6, 6.07) is 13.4. The summed E-state index contributed by atoms with van der Waals surface area (Å²) in [7, 11) is 3.27. The summed E-state index contributed by atoms with van der Waals surface area (Å²) in [6.07, 6.45) is 1.52. The predicted octanol–water partition coefficient (Wildman–Crippen LogP) is 2.98. The molecule has 4 rings (SSSR count). The van der Waals surface area contributed by atoms with Crippen LogP contribution >= 0.6 is 0 Å². The van der Waals surface area contributed by atoms with Gasteiger partial charge in [0.2, 0.25) is 0 Å². The number of hydrogen-bond acceptors (Lipinski definition) is 2. The van der Waals surface area contributed by atoms with Crippen LogP contribution in [0.25, 0.3) is 27.5 Å². The summed E-state index contributed by atoms with van der Waals surface area (Å²) in [5.41, 5.74) is 1.76. The fourth-order valence-electron chi connectivity index (χ4n) is 3.39. The molecule has 0 aliphatic carbocycles. The Labute approximate surface area is 148 Å². The number of aromatic nitrogens is 2. The molecular formula is C20H16FN3O2. The predicted molar refractivity (Wildman–Crippen MR) is 99.4 cm³/mol. The molecule has 6 heteroatoms. The first kappa shape index (κ1) is 16.1. The topological polar surface area (TPSA) is 56.0 Å². The highest BCUT2D eigenvalue weighted by atomic mass is 19.1. The van der Waals surface area contributed by atoms with Gasteiger partial charge in [0, 0.05) is 42.3 Å². The molecule has 2 heterocycles. The molecule has 26 heavy (non-hydrogen) atoms. The van der Waals surface area contributed by atoms with Gasteiger partial charge >= 0.3 is 0 Å². The van der Waals surface area contributed by atoms with Crippen LogP contribution in [-0.2, 0) is 7.05 Å². The lowest BCUT2D eigenvalue weighted by atomic mass is 10.1. The number of para-hydroxylation sites is 1. The Balaban J connectivity index is 2.24. The van der Waals surface area contributed by atoms with Crippen LogP contribution in [0.15, 0.2) is 59.5 Å². The van der Waals surface area contributed by atoms with E-state index in [0.717, 1.165) is 0 Å². The average Bonchev–Trinajstić information content (AvgIpc) is 2.95. The van der Waals surface area contributed by atoms with Crippen LogP contribution < -0.4 is 10.9 Å². The molecule has 5 nitrogen and oxygen atoms in total. The van der Waals surface area contributed by atoms with Crippen molar-refractivity contribution in [2.75, 3.05) is 7.05 Å². The number of hydrogen-bond donors (Lipinski definition) is 1. The third-order valence-corrected chi connectivity index (χ3v) is 4.62. The van der Waals surface area contributed by atoms with Crippen LogP contribution in [0.3, 0.4) is 0 Å². The van der Waals surface area contributed by atoms with E-state index in [2.05, 4.69) is 5.32 Å². The molecule has 0 aliphatic rings. The van der Waals surface area contributed by atoms with Gasteiger partial charge < -0.3 is 9.88 Å². The number of nitrogens with zero attached hydrogens (tertiary/aromatic N) is 2. The van der Waals surface area contributed by atoms with Gasteiger partial charge in [0.1, 0.15) is 11.3 Å². The van der Waals surface area contributed by atoms with E-state index >= 15 is 0 Å². The maximum absolute atomic E-state index is 13.8. The van der Waals surface area contributed by atoms with Gasteiger partial charge in [0.15, 0.2) is 0 Å². The standard InChI is InChI=1S/C20H16FN3O2/c1-22-19(25)15-11-24(13-6-4-3-5-7-13)20(26)18-17(15)14-10-12(21)8-9-16(14)23(18)2/h3-11H,1-2H3,(H,22,25). The Bertz CT molecular complexity index is 1220. The molecule has 130 valence electrons. The highest BCUT2D eigenvalue weighted by Gasteiger charge is 2.21. The van der Waals surface area contributed by atoms with Crippen molar-refractivity contribution < 1.29 is 9.18 Å². The molecule has 0 saturated heterocycles. The number of benzene rings is 2. The van der Waals surface area contributed by atoms with Crippen LogP contribution in [-0.4, -0.2) is 22.1 Å². The van der Waals surface area contributed by atoms with Crippen molar-refractivity contribution in [3.8, 4) is 5.69 Å². The Morgan fingerprint density at radius 3 is 2.54 bits per heavy atom. The van der Waals surface area contributed by atoms with Crippen LogP contribution in [0, 0.1) is 5.82 Å². The SMILES string of the molecule is CNC(=O)c1cn(-c2ccccc2)c(=O)c2c1c1cc(F)ccc1n2C. The summed E-state index contributed by atoms with van der Waals surface area (Å²) < 4.78 is 17.0. The van der Waals surface area contributed by atoms with Crippen molar-refractivity contribution in [3.63, 3.8) is 0 Å². The third kappa shape index (κ3) is 2.23. The number of fused-ring (bicyclic) bond motifs is 3. The summed E-state index contributed by atoms with van der Waals surface area (Å²) >= 11 is 0. The molecule has 0 aliphatic heterocycles. The quantitative estimate of drug-likeness (QED) is 0.605. The highest BCUT2D eigenvalue weighted by molar-refractivity contribution is 6.17. The van der Waals surface area contributed by atoms with E-state index in [4.69, 9.17) is 0 Å².